The standard InChI is InChI=1S/C15H25N3O3/c1-2-20-13(11-6-4-3-5-7-11)14-17-15(21-18-14)12-10-19-9-8-16-12/h11-13,16H,2-10H2,1H3. The molecule has 0 aromatic carbocycles. The van der Waals surface area contributed by atoms with Crippen LogP contribution in [0.3, 0.4) is 0 Å². The van der Waals surface area contributed by atoms with Crippen LogP contribution in [0.15, 0.2) is 4.52 Å². The van der Waals surface area contributed by atoms with Gasteiger partial charge in [-0.05, 0) is 25.7 Å². The SMILES string of the molecule is CCOC(c1noc(C2COCCN2)n1)C1CCCCC1. The Morgan fingerprint density at radius 1 is 1.33 bits per heavy atom. The fourth-order valence-corrected chi connectivity index (χ4v) is 3.27. The van der Waals surface area contributed by atoms with Gasteiger partial charge in [-0.25, -0.2) is 0 Å². The average Bonchev–Trinajstić information content (AvgIpc) is 3.04. The van der Waals surface area contributed by atoms with Crippen LogP contribution < -0.4 is 5.32 Å². The maximum absolute atomic E-state index is 5.93. The highest BCUT2D eigenvalue weighted by Crippen LogP contribution is 2.36. The van der Waals surface area contributed by atoms with Crippen molar-refractivity contribution in [2.45, 2.75) is 51.2 Å². The summed E-state index contributed by atoms with van der Waals surface area (Å²) in [5.74, 6) is 1.83. The quantitative estimate of drug-likeness (QED) is 0.899. The molecule has 1 aromatic heterocycles. The van der Waals surface area contributed by atoms with Crippen molar-refractivity contribution >= 4 is 0 Å². The van der Waals surface area contributed by atoms with E-state index in [1.807, 2.05) is 6.92 Å². The summed E-state index contributed by atoms with van der Waals surface area (Å²) in [4.78, 5) is 4.58. The summed E-state index contributed by atoms with van der Waals surface area (Å²) in [6.45, 7) is 4.84. The predicted molar refractivity (Wildman–Crippen MR) is 76.8 cm³/mol. The monoisotopic (exact) mass is 295 g/mol. The Labute approximate surface area is 125 Å². The first kappa shape index (κ1) is 14.9. The van der Waals surface area contributed by atoms with Gasteiger partial charge in [-0.15, -0.1) is 0 Å². The Kier molecular flexibility index (Phi) is 5.22. The van der Waals surface area contributed by atoms with Gasteiger partial charge in [0.25, 0.3) is 0 Å². The van der Waals surface area contributed by atoms with Crippen molar-refractivity contribution in [3.05, 3.63) is 11.7 Å². The van der Waals surface area contributed by atoms with Crippen molar-refractivity contribution in [3.8, 4) is 0 Å². The third-order valence-corrected chi connectivity index (χ3v) is 4.36. The second kappa shape index (κ2) is 7.33. The normalized spacial score (nSPS) is 25.9. The van der Waals surface area contributed by atoms with E-state index in [2.05, 4.69) is 15.5 Å². The van der Waals surface area contributed by atoms with Crippen molar-refractivity contribution < 1.29 is 14.0 Å². The van der Waals surface area contributed by atoms with Crippen molar-refractivity contribution in [1.29, 1.82) is 0 Å². The smallest absolute Gasteiger partial charge is 0.246 e. The van der Waals surface area contributed by atoms with Gasteiger partial charge in [0.1, 0.15) is 12.1 Å². The molecule has 2 fully saturated rings. The first-order valence-corrected chi connectivity index (χ1v) is 8.14. The molecule has 118 valence electrons. The molecule has 1 N–H and O–H groups in total. The molecule has 0 radical (unpaired) electrons. The van der Waals surface area contributed by atoms with E-state index in [0.717, 1.165) is 13.2 Å². The van der Waals surface area contributed by atoms with Gasteiger partial charge in [0, 0.05) is 13.2 Å². The van der Waals surface area contributed by atoms with Gasteiger partial charge in [-0.1, -0.05) is 24.4 Å². The number of rotatable bonds is 5. The molecule has 2 atom stereocenters. The van der Waals surface area contributed by atoms with Gasteiger partial charge >= 0.3 is 0 Å². The lowest BCUT2D eigenvalue weighted by Crippen LogP contribution is -2.34. The molecule has 1 aliphatic carbocycles. The van der Waals surface area contributed by atoms with Crippen molar-refractivity contribution in [2.75, 3.05) is 26.4 Å². The van der Waals surface area contributed by atoms with E-state index in [4.69, 9.17) is 14.0 Å². The van der Waals surface area contributed by atoms with Gasteiger partial charge < -0.3 is 19.3 Å². The number of ether oxygens (including phenoxy) is 2. The molecule has 0 amide bonds. The van der Waals surface area contributed by atoms with E-state index in [0.29, 0.717) is 30.8 Å². The number of hydrogen-bond donors (Lipinski definition) is 1. The summed E-state index contributed by atoms with van der Waals surface area (Å²) in [6.07, 6.45) is 6.24. The molecular formula is C15H25N3O3. The van der Waals surface area contributed by atoms with Crippen molar-refractivity contribution in [3.63, 3.8) is 0 Å². The molecule has 6 nitrogen and oxygen atoms in total. The van der Waals surface area contributed by atoms with E-state index in [1.165, 1.54) is 32.1 Å². The highest BCUT2D eigenvalue weighted by molar-refractivity contribution is 4.99. The maximum atomic E-state index is 5.93. The van der Waals surface area contributed by atoms with Crippen LogP contribution in [0.5, 0.6) is 0 Å². The molecule has 2 unspecified atom stereocenters. The molecule has 1 saturated carbocycles. The summed E-state index contributed by atoms with van der Waals surface area (Å²) in [7, 11) is 0. The fourth-order valence-electron chi connectivity index (χ4n) is 3.27. The third-order valence-electron chi connectivity index (χ3n) is 4.36. The fraction of sp³-hybridized carbons (Fsp3) is 0.867. The number of aromatic nitrogens is 2. The molecule has 1 aliphatic heterocycles. The van der Waals surface area contributed by atoms with Gasteiger partial charge in [0.2, 0.25) is 11.7 Å². The molecule has 2 heterocycles. The van der Waals surface area contributed by atoms with Crippen LogP contribution in [-0.2, 0) is 9.47 Å². The van der Waals surface area contributed by atoms with Crippen molar-refractivity contribution in [1.82, 2.24) is 15.5 Å². The highest BCUT2D eigenvalue weighted by Gasteiger charge is 2.31. The Bertz CT molecular complexity index is 426. The van der Waals surface area contributed by atoms with Gasteiger partial charge in [0.05, 0.1) is 13.2 Å². The summed E-state index contributed by atoms with van der Waals surface area (Å²) in [5.41, 5.74) is 0. The zero-order valence-corrected chi connectivity index (χ0v) is 12.7. The summed E-state index contributed by atoms with van der Waals surface area (Å²) in [5, 5.41) is 7.52. The van der Waals surface area contributed by atoms with Crippen molar-refractivity contribution in [2.24, 2.45) is 5.92 Å². The lowest BCUT2D eigenvalue weighted by Gasteiger charge is -2.27. The second-order valence-electron chi connectivity index (χ2n) is 5.85. The molecule has 1 saturated heterocycles. The van der Waals surface area contributed by atoms with E-state index in [1.54, 1.807) is 0 Å². The lowest BCUT2D eigenvalue weighted by atomic mass is 9.85. The summed E-state index contributed by atoms with van der Waals surface area (Å²) >= 11 is 0. The van der Waals surface area contributed by atoms with Crippen LogP contribution in [0.2, 0.25) is 0 Å². The molecule has 1 aromatic rings. The predicted octanol–water partition coefficient (Wildman–Crippen LogP) is 2.39. The Hall–Kier alpha value is -0.980. The largest absolute Gasteiger partial charge is 0.378 e. The lowest BCUT2D eigenvalue weighted by molar-refractivity contribution is -0.00145. The van der Waals surface area contributed by atoms with Gasteiger partial charge in [0.15, 0.2) is 0 Å². The molecule has 21 heavy (non-hydrogen) atoms. The zero-order chi connectivity index (χ0) is 14.5. The molecule has 0 bridgehead atoms. The molecule has 6 heteroatoms. The van der Waals surface area contributed by atoms with Crippen LogP contribution in [0.25, 0.3) is 0 Å². The Balaban J connectivity index is 1.71. The van der Waals surface area contributed by atoms with E-state index in [9.17, 15) is 0 Å². The number of nitrogens with one attached hydrogen (secondary N) is 1. The molecular weight excluding hydrogens is 270 g/mol. The first-order chi connectivity index (χ1) is 10.4. The highest BCUT2D eigenvalue weighted by atomic mass is 16.5. The van der Waals surface area contributed by atoms with E-state index < -0.39 is 0 Å². The second-order valence-corrected chi connectivity index (χ2v) is 5.85. The zero-order valence-electron chi connectivity index (χ0n) is 12.7. The van der Waals surface area contributed by atoms with Crippen LogP contribution in [0, 0.1) is 5.92 Å². The molecule has 0 spiro atoms. The maximum Gasteiger partial charge on any atom is 0.246 e. The van der Waals surface area contributed by atoms with Crippen LogP contribution in [0.4, 0.5) is 0 Å². The molecule has 3 rings (SSSR count). The van der Waals surface area contributed by atoms with E-state index in [-0.39, 0.29) is 12.1 Å². The number of morpholine rings is 1. The summed E-state index contributed by atoms with van der Waals surface area (Å²) in [6, 6.07) is 0.00799. The van der Waals surface area contributed by atoms with Gasteiger partial charge in [-0.3, -0.25) is 0 Å². The van der Waals surface area contributed by atoms with Crippen LogP contribution in [0.1, 0.15) is 62.9 Å². The summed E-state index contributed by atoms with van der Waals surface area (Å²) < 4.78 is 16.8. The average molecular weight is 295 g/mol. The van der Waals surface area contributed by atoms with E-state index >= 15 is 0 Å². The first-order valence-electron chi connectivity index (χ1n) is 8.14. The minimum atomic E-state index is -0.0303. The number of hydrogen-bond acceptors (Lipinski definition) is 6. The number of nitrogens with zero attached hydrogens (tertiary/aromatic N) is 2. The van der Waals surface area contributed by atoms with Crippen LogP contribution in [-0.4, -0.2) is 36.5 Å². The minimum Gasteiger partial charge on any atom is -0.378 e. The third kappa shape index (κ3) is 3.62. The minimum absolute atomic E-state index is 0.00799. The topological polar surface area (TPSA) is 69.4 Å². The Morgan fingerprint density at radius 3 is 2.90 bits per heavy atom. The van der Waals surface area contributed by atoms with Crippen LogP contribution >= 0.6 is 0 Å². The Morgan fingerprint density at radius 2 is 2.19 bits per heavy atom. The van der Waals surface area contributed by atoms with Gasteiger partial charge in [-0.2, -0.15) is 4.98 Å². The molecule has 2 aliphatic rings.